The summed E-state index contributed by atoms with van der Waals surface area (Å²) in [7, 11) is 0. The van der Waals surface area contributed by atoms with Crippen molar-refractivity contribution in [2.45, 2.75) is 33.6 Å². The zero-order chi connectivity index (χ0) is 8.53. The summed E-state index contributed by atoms with van der Waals surface area (Å²) < 4.78 is 0. The van der Waals surface area contributed by atoms with Crippen molar-refractivity contribution in [3.8, 4) is 0 Å². The molecule has 1 heteroatoms. The lowest BCUT2D eigenvalue weighted by Crippen LogP contribution is -2.10. The van der Waals surface area contributed by atoms with E-state index in [1.165, 1.54) is 12.8 Å². The van der Waals surface area contributed by atoms with Crippen LogP contribution in [0.4, 0.5) is 0 Å². The third-order valence-electron chi connectivity index (χ3n) is 1.45. The smallest absolute Gasteiger partial charge is 0.0219 e. The van der Waals surface area contributed by atoms with Gasteiger partial charge in [0.1, 0.15) is 0 Å². The van der Waals surface area contributed by atoms with E-state index in [0.717, 1.165) is 6.54 Å². The first-order valence-corrected chi connectivity index (χ1v) is 4.36. The molecule has 0 radical (unpaired) electrons. The minimum Gasteiger partial charge on any atom is -0.355 e. The number of nitrogens with zero attached hydrogens (tertiary/aromatic N) is 1. The highest BCUT2D eigenvalue weighted by molar-refractivity contribution is 4.88. The number of unbranched alkanes of at least 4 members (excludes halogenated alkanes) is 1. The van der Waals surface area contributed by atoms with Crippen molar-refractivity contribution in [1.82, 2.24) is 4.90 Å². The summed E-state index contributed by atoms with van der Waals surface area (Å²) in [5, 5.41) is 0. The molecule has 0 amide bonds. The zero-order valence-corrected chi connectivity index (χ0v) is 7.88. The van der Waals surface area contributed by atoms with Gasteiger partial charge in [-0.05, 0) is 32.7 Å². The Morgan fingerprint density at radius 3 is 2.00 bits per heavy atom. The molecule has 0 N–H and O–H groups in total. The van der Waals surface area contributed by atoms with Crippen LogP contribution in [0.25, 0.3) is 0 Å². The van der Waals surface area contributed by atoms with Crippen LogP contribution in [0.15, 0.2) is 24.6 Å². The molecule has 0 bridgehead atoms. The highest BCUT2D eigenvalue weighted by Crippen LogP contribution is 1.96. The predicted octanol–water partition coefficient (Wildman–Crippen LogP) is 3.16. The first-order chi connectivity index (χ1) is 5.35. The Morgan fingerprint density at radius 1 is 1.09 bits per heavy atom. The Bertz CT molecular complexity index is 113. The molecule has 1 nitrogen and oxygen atoms in total. The number of hydrogen-bond donors (Lipinski definition) is 0. The lowest BCUT2D eigenvalue weighted by atomic mass is 10.3. The van der Waals surface area contributed by atoms with E-state index in [0.29, 0.717) is 0 Å². The van der Waals surface area contributed by atoms with Crippen molar-refractivity contribution < 1.29 is 0 Å². The SMILES string of the molecule is CC=CN(/C=C\C)CCCC. The Morgan fingerprint density at radius 2 is 1.64 bits per heavy atom. The second-order valence-corrected chi connectivity index (χ2v) is 2.56. The fraction of sp³-hybridized carbons (Fsp3) is 0.600. The van der Waals surface area contributed by atoms with Gasteiger partial charge in [0.15, 0.2) is 0 Å². The lowest BCUT2D eigenvalue weighted by molar-refractivity contribution is 0.484. The Labute approximate surface area is 70.4 Å². The molecule has 0 aromatic heterocycles. The van der Waals surface area contributed by atoms with E-state index < -0.39 is 0 Å². The number of hydrogen-bond acceptors (Lipinski definition) is 1. The zero-order valence-electron chi connectivity index (χ0n) is 7.88. The molecule has 0 unspecified atom stereocenters. The van der Waals surface area contributed by atoms with E-state index in [9.17, 15) is 0 Å². The molecule has 0 heterocycles. The third-order valence-corrected chi connectivity index (χ3v) is 1.45. The van der Waals surface area contributed by atoms with E-state index >= 15 is 0 Å². The molecular formula is C10H19N. The van der Waals surface area contributed by atoms with Gasteiger partial charge in [-0.2, -0.15) is 0 Å². The van der Waals surface area contributed by atoms with Crippen LogP contribution in [-0.2, 0) is 0 Å². The maximum Gasteiger partial charge on any atom is 0.0219 e. The van der Waals surface area contributed by atoms with Crippen LogP contribution in [0.2, 0.25) is 0 Å². The highest BCUT2D eigenvalue weighted by atomic mass is 15.1. The third kappa shape index (κ3) is 5.71. The molecule has 0 atom stereocenters. The van der Waals surface area contributed by atoms with Crippen molar-refractivity contribution in [2.24, 2.45) is 0 Å². The van der Waals surface area contributed by atoms with Crippen LogP contribution in [0.1, 0.15) is 33.6 Å². The van der Waals surface area contributed by atoms with Crippen LogP contribution in [0.5, 0.6) is 0 Å². The summed E-state index contributed by atoms with van der Waals surface area (Å²) in [6.45, 7) is 7.43. The molecule has 0 aromatic carbocycles. The van der Waals surface area contributed by atoms with Gasteiger partial charge in [-0.15, -0.1) is 0 Å². The minimum atomic E-state index is 1.13. The van der Waals surface area contributed by atoms with E-state index in [1.54, 1.807) is 0 Å². The summed E-state index contributed by atoms with van der Waals surface area (Å²) in [6, 6.07) is 0. The second-order valence-electron chi connectivity index (χ2n) is 2.56. The van der Waals surface area contributed by atoms with Crippen molar-refractivity contribution >= 4 is 0 Å². The summed E-state index contributed by atoms with van der Waals surface area (Å²) in [5.74, 6) is 0. The van der Waals surface area contributed by atoms with Crippen molar-refractivity contribution in [2.75, 3.05) is 6.54 Å². The van der Waals surface area contributed by atoms with Gasteiger partial charge in [0, 0.05) is 6.54 Å². The number of allylic oxidation sites excluding steroid dienone is 2. The van der Waals surface area contributed by atoms with Gasteiger partial charge < -0.3 is 4.90 Å². The topological polar surface area (TPSA) is 3.24 Å². The van der Waals surface area contributed by atoms with E-state index in [1.807, 2.05) is 13.8 Å². The summed E-state index contributed by atoms with van der Waals surface area (Å²) in [6.07, 6.45) is 10.9. The maximum absolute atomic E-state index is 2.21. The largest absolute Gasteiger partial charge is 0.355 e. The quantitative estimate of drug-likeness (QED) is 0.586. The molecule has 0 aliphatic rings. The molecule has 11 heavy (non-hydrogen) atoms. The van der Waals surface area contributed by atoms with E-state index in [-0.39, 0.29) is 0 Å². The van der Waals surface area contributed by atoms with Crippen molar-refractivity contribution in [3.63, 3.8) is 0 Å². The molecule has 0 aliphatic carbocycles. The molecule has 0 spiro atoms. The Kier molecular flexibility index (Phi) is 6.90. The number of rotatable bonds is 5. The van der Waals surface area contributed by atoms with Crippen LogP contribution in [0.3, 0.4) is 0 Å². The molecular weight excluding hydrogens is 134 g/mol. The van der Waals surface area contributed by atoms with Crippen LogP contribution >= 0.6 is 0 Å². The highest BCUT2D eigenvalue weighted by Gasteiger charge is 1.90. The average Bonchev–Trinajstić information content (AvgIpc) is 2.01. The fourth-order valence-corrected chi connectivity index (χ4v) is 0.922. The van der Waals surface area contributed by atoms with Gasteiger partial charge in [-0.3, -0.25) is 0 Å². The van der Waals surface area contributed by atoms with Gasteiger partial charge >= 0.3 is 0 Å². The van der Waals surface area contributed by atoms with Gasteiger partial charge in [0.05, 0.1) is 0 Å². The molecule has 0 saturated heterocycles. The minimum absolute atomic E-state index is 1.13. The van der Waals surface area contributed by atoms with Crippen LogP contribution < -0.4 is 0 Å². The molecule has 64 valence electrons. The van der Waals surface area contributed by atoms with Crippen molar-refractivity contribution in [1.29, 1.82) is 0 Å². The summed E-state index contributed by atoms with van der Waals surface area (Å²) in [4.78, 5) is 2.21. The summed E-state index contributed by atoms with van der Waals surface area (Å²) in [5.41, 5.74) is 0. The van der Waals surface area contributed by atoms with Crippen LogP contribution in [-0.4, -0.2) is 11.4 Å². The van der Waals surface area contributed by atoms with E-state index in [2.05, 4.69) is 36.4 Å². The Hall–Kier alpha value is -0.720. The molecule has 0 aromatic rings. The molecule has 0 saturated carbocycles. The summed E-state index contributed by atoms with van der Waals surface area (Å²) >= 11 is 0. The second kappa shape index (κ2) is 7.39. The van der Waals surface area contributed by atoms with Crippen LogP contribution in [0, 0.1) is 0 Å². The van der Waals surface area contributed by atoms with Gasteiger partial charge in [0.2, 0.25) is 0 Å². The first kappa shape index (κ1) is 10.3. The normalized spacial score (nSPS) is 11.5. The van der Waals surface area contributed by atoms with E-state index in [4.69, 9.17) is 0 Å². The Balaban J connectivity index is 3.69. The molecule has 0 aliphatic heterocycles. The first-order valence-electron chi connectivity index (χ1n) is 4.36. The lowest BCUT2D eigenvalue weighted by Gasteiger charge is -2.13. The maximum atomic E-state index is 2.21. The molecule has 0 fully saturated rings. The van der Waals surface area contributed by atoms with Gasteiger partial charge in [-0.25, -0.2) is 0 Å². The van der Waals surface area contributed by atoms with Gasteiger partial charge in [-0.1, -0.05) is 25.5 Å². The average molecular weight is 153 g/mol. The van der Waals surface area contributed by atoms with Gasteiger partial charge in [0.25, 0.3) is 0 Å². The fourth-order valence-electron chi connectivity index (χ4n) is 0.922. The predicted molar refractivity (Wildman–Crippen MR) is 51.2 cm³/mol. The van der Waals surface area contributed by atoms with Crippen molar-refractivity contribution in [3.05, 3.63) is 24.6 Å². The monoisotopic (exact) mass is 153 g/mol. The molecule has 0 rings (SSSR count). The standard InChI is InChI=1S/C10H19N/c1-4-7-10-11(8-5-2)9-6-3/h5-6,8-9H,4,7,10H2,1-3H3/b8-5-,9-6?.